The van der Waals surface area contributed by atoms with Crippen LogP contribution in [0.1, 0.15) is 5.56 Å². The summed E-state index contributed by atoms with van der Waals surface area (Å²) in [6.45, 7) is 2.25. The first-order valence-corrected chi connectivity index (χ1v) is 14.0. The molecule has 9 rings (SSSR count). The Bertz CT molecular complexity index is 2330. The normalized spacial score (nSPS) is 12.2. The fourth-order valence-electron chi connectivity index (χ4n) is 6.75. The molecule has 4 heteroatoms. The minimum absolute atomic E-state index is 0.918. The molecule has 41 heavy (non-hydrogen) atoms. The van der Waals surface area contributed by atoms with Crippen molar-refractivity contribution in [3.8, 4) is 16.8 Å². The highest BCUT2D eigenvalue weighted by Gasteiger charge is 2.28. The van der Waals surface area contributed by atoms with Gasteiger partial charge in [-0.1, -0.05) is 84.3 Å². The molecule has 0 saturated carbocycles. The van der Waals surface area contributed by atoms with Gasteiger partial charge < -0.3 is 14.3 Å². The van der Waals surface area contributed by atoms with E-state index >= 15 is 0 Å². The van der Waals surface area contributed by atoms with E-state index in [0.717, 1.165) is 33.3 Å². The lowest BCUT2D eigenvalue weighted by molar-refractivity contribution is 0.669. The first kappa shape index (κ1) is 22.6. The predicted octanol–water partition coefficient (Wildman–Crippen LogP) is 8.37. The zero-order valence-corrected chi connectivity index (χ0v) is 22.5. The van der Waals surface area contributed by atoms with Gasteiger partial charge in [0.1, 0.15) is 11.2 Å². The van der Waals surface area contributed by atoms with Crippen LogP contribution in [0.5, 0.6) is 0 Å². The molecule has 2 aromatic heterocycles. The molecule has 0 amide bonds. The second kappa shape index (κ2) is 8.39. The molecule has 0 bridgehead atoms. The average molecular weight is 523 g/mol. The Morgan fingerprint density at radius 3 is 2.37 bits per heavy atom. The highest BCUT2D eigenvalue weighted by Crippen LogP contribution is 2.41. The topological polar surface area (TPSA) is 30.1 Å². The molecule has 3 heterocycles. The summed E-state index contributed by atoms with van der Waals surface area (Å²) in [6.07, 6.45) is 0. The van der Waals surface area contributed by atoms with Gasteiger partial charge in [0.05, 0.1) is 5.52 Å². The lowest BCUT2D eigenvalue weighted by Crippen LogP contribution is -2.37. The number of aryl methyl sites for hydroxylation is 1. The van der Waals surface area contributed by atoms with Gasteiger partial charge >= 0.3 is 0 Å². The Morgan fingerprint density at radius 1 is 0.659 bits per heavy atom. The molecular formula is C37H24BN2O. The molecule has 1 N–H and O–H groups in total. The third kappa shape index (κ3) is 3.22. The van der Waals surface area contributed by atoms with Crippen LogP contribution in [-0.4, -0.2) is 11.8 Å². The molecule has 1 aliphatic rings. The minimum Gasteiger partial charge on any atom is -0.456 e. The summed E-state index contributed by atoms with van der Waals surface area (Å²) >= 11 is 0. The fourth-order valence-corrected chi connectivity index (χ4v) is 6.75. The number of hydrogen-bond acceptors (Lipinski definition) is 2. The van der Waals surface area contributed by atoms with E-state index in [2.05, 4.69) is 133 Å². The van der Waals surface area contributed by atoms with Gasteiger partial charge in [-0.05, 0) is 59.9 Å². The third-order valence-corrected chi connectivity index (χ3v) is 8.51. The summed E-state index contributed by atoms with van der Waals surface area (Å²) < 4.78 is 8.81. The van der Waals surface area contributed by atoms with Crippen molar-refractivity contribution in [2.75, 3.05) is 5.32 Å². The number of benzene rings is 6. The van der Waals surface area contributed by atoms with Gasteiger partial charge in [0.2, 0.25) is 0 Å². The van der Waals surface area contributed by atoms with Crippen molar-refractivity contribution in [1.29, 1.82) is 0 Å². The van der Waals surface area contributed by atoms with E-state index in [9.17, 15) is 0 Å². The molecular weight excluding hydrogens is 499 g/mol. The maximum absolute atomic E-state index is 6.36. The molecule has 0 atom stereocenters. The molecule has 0 fully saturated rings. The number of furan rings is 1. The maximum atomic E-state index is 6.36. The van der Waals surface area contributed by atoms with Gasteiger partial charge in [-0.25, -0.2) is 0 Å². The summed E-state index contributed by atoms with van der Waals surface area (Å²) in [5.74, 6) is 0. The second-order valence-corrected chi connectivity index (χ2v) is 10.9. The van der Waals surface area contributed by atoms with Gasteiger partial charge in [0.25, 0.3) is 0 Å². The molecule has 1 radical (unpaired) electrons. The van der Waals surface area contributed by atoms with Crippen molar-refractivity contribution < 1.29 is 4.42 Å². The number of rotatable bonds is 3. The van der Waals surface area contributed by atoms with E-state index in [-0.39, 0.29) is 0 Å². The number of para-hydroxylation sites is 4. The Kier molecular flexibility index (Phi) is 4.62. The Morgan fingerprint density at radius 2 is 1.44 bits per heavy atom. The molecule has 0 unspecified atom stereocenters. The van der Waals surface area contributed by atoms with Crippen LogP contribution in [0, 0.1) is 6.92 Å². The molecule has 191 valence electrons. The lowest BCUT2D eigenvalue weighted by atomic mass is 9.59. The minimum atomic E-state index is 0.918. The number of fused-ring (bicyclic) bond motifs is 8. The SMILES string of the molecule is Cc1cc(-c2ccccc2Nc2ccccc2)c2c3c1c1cc4c(cc1n3-c1ccccc1[B]2)oc1ccccc14. The summed E-state index contributed by atoms with van der Waals surface area (Å²) in [5, 5.41) is 8.54. The molecule has 8 aromatic rings. The fraction of sp³-hybridized carbons (Fsp3) is 0.0270. The number of nitrogens with one attached hydrogen (secondary N) is 1. The molecule has 0 spiro atoms. The Balaban J connectivity index is 1.39. The van der Waals surface area contributed by atoms with Crippen molar-refractivity contribution in [3.63, 3.8) is 0 Å². The number of nitrogens with zero attached hydrogens (tertiary/aromatic N) is 1. The zero-order valence-electron chi connectivity index (χ0n) is 22.5. The first-order chi connectivity index (χ1) is 20.2. The third-order valence-electron chi connectivity index (χ3n) is 8.51. The van der Waals surface area contributed by atoms with Gasteiger partial charge in [-0.3, -0.25) is 0 Å². The van der Waals surface area contributed by atoms with E-state index in [1.54, 1.807) is 0 Å². The van der Waals surface area contributed by atoms with E-state index in [4.69, 9.17) is 4.42 Å². The van der Waals surface area contributed by atoms with Gasteiger partial charge in [0, 0.05) is 55.8 Å². The van der Waals surface area contributed by atoms with Crippen LogP contribution in [0.3, 0.4) is 0 Å². The predicted molar refractivity (Wildman–Crippen MR) is 173 cm³/mol. The maximum Gasteiger partial charge on any atom is 0.197 e. The van der Waals surface area contributed by atoms with E-state index in [1.165, 1.54) is 55.1 Å². The van der Waals surface area contributed by atoms with Crippen molar-refractivity contribution in [2.45, 2.75) is 6.92 Å². The van der Waals surface area contributed by atoms with Crippen LogP contribution in [0.25, 0.3) is 60.6 Å². The molecule has 3 nitrogen and oxygen atoms in total. The first-order valence-electron chi connectivity index (χ1n) is 14.0. The summed E-state index contributed by atoms with van der Waals surface area (Å²) in [6, 6.07) is 43.0. The molecule has 0 aliphatic carbocycles. The Hall–Kier alpha value is -5.22. The van der Waals surface area contributed by atoms with Crippen LogP contribution in [0.2, 0.25) is 0 Å². The zero-order chi connectivity index (χ0) is 27.1. The summed E-state index contributed by atoms with van der Waals surface area (Å²) in [7, 11) is 2.37. The summed E-state index contributed by atoms with van der Waals surface area (Å²) in [5.41, 5.74) is 13.7. The van der Waals surface area contributed by atoms with Crippen molar-refractivity contribution >= 4 is 73.3 Å². The van der Waals surface area contributed by atoms with Gasteiger partial charge in [0.15, 0.2) is 7.28 Å². The molecule has 6 aromatic carbocycles. The standard InChI is InChI=1S/C37H24BN2O/c1-22-19-27(24-13-5-8-16-30(24)39-23-11-3-2-4-12-23)36-37-35(22)28-20-26-25-14-6-10-18-33(25)41-34(26)21-32(28)40(37)31-17-9-7-15-29(31)38-36/h2-21,39H,1H3. The monoisotopic (exact) mass is 523 g/mol. The van der Waals surface area contributed by atoms with Gasteiger partial charge in [-0.15, -0.1) is 0 Å². The molecule has 1 aliphatic heterocycles. The largest absolute Gasteiger partial charge is 0.456 e. The molecule has 0 saturated heterocycles. The van der Waals surface area contributed by atoms with E-state index in [0.29, 0.717) is 0 Å². The summed E-state index contributed by atoms with van der Waals surface area (Å²) in [4.78, 5) is 0. The number of anilines is 2. The second-order valence-electron chi connectivity index (χ2n) is 10.9. The van der Waals surface area contributed by atoms with Crippen molar-refractivity contribution in [2.24, 2.45) is 0 Å². The van der Waals surface area contributed by atoms with Crippen LogP contribution >= 0.6 is 0 Å². The highest BCUT2D eigenvalue weighted by molar-refractivity contribution is 6.73. The number of aromatic nitrogens is 1. The van der Waals surface area contributed by atoms with Gasteiger partial charge in [-0.2, -0.15) is 0 Å². The van der Waals surface area contributed by atoms with E-state index in [1.807, 2.05) is 12.1 Å². The van der Waals surface area contributed by atoms with E-state index < -0.39 is 0 Å². The average Bonchev–Trinajstić information content (AvgIpc) is 3.55. The highest BCUT2D eigenvalue weighted by atomic mass is 16.3. The smallest absolute Gasteiger partial charge is 0.197 e. The number of hydrogen-bond donors (Lipinski definition) is 1. The van der Waals surface area contributed by atoms with Crippen LogP contribution in [-0.2, 0) is 0 Å². The Labute approximate surface area is 237 Å². The van der Waals surface area contributed by atoms with Crippen LogP contribution in [0.15, 0.2) is 126 Å². The van der Waals surface area contributed by atoms with Crippen molar-refractivity contribution in [1.82, 2.24) is 4.57 Å². The van der Waals surface area contributed by atoms with Crippen molar-refractivity contribution in [3.05, 3.63) is 127 Å². The van der Waals surface area contributed by atoms with Crippen LogP contribution in [0.4, 0.5) is 11.4 Å². The quantitative estimate of drug-likeness (QED) is 0.236. The lowest BCUT2D eigenvalue weighted by Gasteiger charge is -2.24. The van der Waals surface area contributed by atoms with Crippen LogP contribution < -0.4 is 16.2 Å².